The maximum absolute atomic E-state index is 12.5. The zero-order valence-electron chi connectivity index (χ0n) is 11.2. The third kappa shape index (κ3) is 2.41. The van der Waals surface area contributed by atoms with Crippen LogP contribution in [0.15, 0.2) is 5.16 Å². The fourth-order valence-electron chi connectivity index (χ4n) is 2.90. The Morgan fingerprint density at radius 1 is 1.26 bits per heavy atom. The summed E-state index contributed by atoms with van der Waals surface area (Å²) in [7, 11) is 0. The molecule has 0 aromatic carbocycles. The van der Waals surface area contributed by atoms with Crippen LogP contribution >= 0.6 is 0 Å². The van der Waals surface area contributed by atoms with Gasteiger partial charge in [-0.15, -0.1) is 0 Å². The molecule has 3 rings (SSSR count). The van der Waals surface area contributed by atoms with Crippen molar-refractivity contribution in [2.24, 2.45) is 22.2 Å². The third-order valence-electron chi connectivity index (χ3n) is 4.63. The maximum Gasteiger partial charge on any atom is 0.236 e. The molecule has 6 heteroatoms. The van der Waals surface area contributed by atoms with Gasteiger partial charge >= 0.3 is 0 Å². The highest BCUT2D eigenvalue weighted by molar-refractivity contribution is 6.09. The van der Waals surface area contributed by atoms with Gasteiger partial charge in [-0.05, 0) is 31.6 Å². The van der Waals surface area contributed by atoms with Crippen LogP contribution in [0.1, 0.15) is 25.7 Å². The maximum atomic E-state index is 12.5. The van der Waals surface area contributed by atoms with Crippen LogP contribution < -0.4 is 5.73 Å². The van der Waals surface area contributed by atoms with E-state index in [0.29, 0.717) is 12.8 Å². The summed E-state index contributed by atoms with van der Waals surface area (Å²) in [6, 6.07) is 0. The Balaban J connectivity index is 1.54. The summed E-state index contributed by atoms with van der Waals surface area (Å²) in [4.78, 5) is 16.8. The van der Waals surface area contributed by atoms with Crippen molar-refractivity contribution in [1.82, 2.24) is 9.80 Å². The Labute approximate surface area is 113 Å². The predicted octanol–water partition coefficient (Wildman–Crippen LogP) is 0.0672. The normalized spacial score (nSPS) is 27.4. The van der Waals surface area contributed by atoms with Crippen molar-refractivity contribution in [3.05, 3.63) is 0 Å². The van der Waals surface area contributed by atoms with Crippen LogP contribution in [-0.4, -0.2) is 59.5 Å². The van der Waals surface area contributed by atoms with Crippen molar-refractivity contribution in [1.29, 1.82) is 0 Å². The number of amidine groups is 1. The quantitative estimate of drug-likeness (QED) is 0.326. The molecular weight excluding hydrogens is 244 g/mol. The van der Waals surface area contributed by atoms with Gasteiger partial charge in [0.15, 0.2) is 5.84 Å². The minimum absolute atomic E-state index is 0.0499. The summed E-state index contributed by atoms with van der Waals surface area (Å²) < 4.78 is 0. The van der Waals surface area contributed by atoms with Crippen LogP contribution in [-0.2, 0) is 4.79 Å². The van der Waals surface area contributed by atoms with E-state index in [1.54, 1.807) is 0 Å². The highest BCUT2D eigenvalue weighted by atomic mass is 16.4. The van der Waals surface area contributed by atoms with Crippen molar-refractivity contribution in [3.8, 4) is 0 Å². The van der Waals surface area contributed by atoms with Gasteiger partial charge in [0.25, 0.3) is 0 Å². The summed E-state index contributed by atoms with van der Waals surface area (Å²) >= 11 is 0. The Morgan fingerprint density at radius 2 is 1.89 bits per heavy atom. The number of piperazine rings is 1. The van der Waals surface area contributed by atoms with Gasteiger partial charge in [-0.2, -0.15) is 0 Å². The van der Waals surface area contributed by atoms with Crippen LogP contribution in [0.3, 0.4) is 0 Å². The van der Waals surface area contributed by atoms with E-state index >= 15 is 0 Å². The summed E-state index contributed by atoms with van der Waals surface area (Å²) in [5.41, 5.74) is 4.98. The minimum atomic E-state index is -0.687. The Hall–Kier alpha value is -1.30. The largest absolute Gasteiger partial charge is 0.409 e. The molecule has 3 fully saturated rings. The Morgan fingerprint density at radius 3 is 2.37 bits per heavy atom. The molecule has 0 aromatic rings. The average Bonchev–Trinajstić information content (AvgIpc) is 3.32. The SMILES string of the molecule is NC(=NO)C1(C(=O)N2CCN(CC3CC3)CC2)CC1. The summed E-state index contributed by atoms with van der Waals surface area (Å²) in [5, 5.41) is 11.8. The molecule has 19 heavy (non-hydrogen) atoms. The van der Waals surface area contributed by atoms with E-state index in [4.69, 9.17) is 10.9 Å². The molecule has 0 atom stereocenters. The number of carbonyl (C=O) groups is 1. The zero-order chi connectivity index (χ0) is 13.5. The van der Waals surface area contributed by atoms with Gasteiger partial charge in [0, 0.05) is 32.7 Å². The highest BCUT2D eigenvalue weighted by Gasteiger charge is 2.56. The lowest BCUT2D eigenvalue weighted by Gasteiger charge is -2.36. The summed E-state index contributed by atoms with van der Waals surface area (Å²) in [6.07, 6.45) is 4.16. The van der Waals surface area contributed by atoms with E-state index in [-0.39, 0.29) is 11.7 Å². The lowest BCUT2D eigenvalue weighted by atomic mass is 10.0. The minimum Gasteiger partial charge on any atom is -0.409 e. The fraction of sp³-hybridized carbons (Fsp3) is 0.846. The van der Waals surface area contributed by atoms with Gasteiger partial charge in [-0.3, -0.25) is 9.69 Å². The van der Waals surface area contributed by atoms with Gasteiger partial charge in [-0.1, -0.05) is 5.16 Å². The summed E-state index contributed by atoms with van der Waals surface area (Å²) in [6.45, 7) is 4.63. The average molecular weight is 266 g/mol. The molecule has 0 bridgehead atoms. The molecule has 0 aromatic heterocycles. The molecule has 0 spiro atoms. The van der Waals surface area contributed by atoms with E-state index in [1.807, 2.05) is 4.90 Å². The first-order valence-corrected chi connectivity index (χ1v) is 7.15. The lowest BCUT2D eigenvalue weighted by molar-refractivity contribution is -0.136. The van der Waals surface area contributed by atoms with Gasteiger partial charge in [0.05, 0.1) is 0 Å². The number of hydrogen-bond donors (Lipinski definition) is 2. The predicted molar refractivity (Wildman–Crippen MR) is 70.8 cm³/mol. The second kappa shape index (κ2) is 4.67. The lowest BCUT2D eigenvalue weighted by Crippen LogP contribution is -2.53. The van der Waals surface area contributed by atoms with Crippen LogP contribution in [0.2, 0.25) is 0 Å². The number of hydrogen-bond acceptors (Lipinski definition) is 4. The van der Waals surface area contributed by atoms with E-state index in [2.05, 4.69) is 10.1 Å². The van der Waals surface area contributed by atoms with Gasteiger partial charge in [0.1, 0.15) is 5.41 Å². The van der Waals surface area contributed by atoms with Crippen LogP contribution in [0.25, 0.3) is 0 Å². The van der Waals surface area contributed by atoms with Crippen LogP contribution in [0, 0.1) is 11.3 Å². The number of nitrogens with zero attached hydrogens (tertiary/aromatic N) is 3. The fourth-order valence-corrected chi connectivity index (χ4v) is 2.90. The second-order valence-corrected chi connectivity index (χ2v) is 6.10. The topological polar surface area (TPSA) is 82.2 Å². The van der Waals surface area contributed by atoms with Crippen molar-refractivity contribution in [2.45, 2.75) is 25.7 Å². The zero-order valence-corrected chi connectivity index (χ0v) is 11.2. The van der Waals surface area contributed by atoms with Gasteiger partial charge in [-0.25, -0.2) is 0 Å². The molecule has 0 unspecified atom stereocenters. The number of amides is 1. The molecule has 1 amide bonds. The van der Waals surface area contributed by atoms with Crippen molar-refractivity contribution < 1.29 is 10.0 Å². The Bertz CT molecular complexity index is 393. The van der Waals surface area contributed by atoms with Crippen LogP contribution in [0.5, 0.6) is 0 Å². The molecule has 2 saturated carbocycles. The number of oxime groups is 1. The molecule has 1 saturated heterocycles. The third-order valence-corrected chi connectivity index (χ3v) is 4.63. The molecule has 6 nitrogen and oxygen atoms in total. The molecule has 3 aliphatic rings. The molecule has 1 heterocycles. The smallest absolute Gasteiger partial charge is 0.236 e. The van der Waals surface area contributed by atoms with Gasteiger partial charge < -0.3 is 15.8 Å². The van der Waals surface area contributed by atoms with E-state index in [1.165, 1.54) is 19.4 Å². The van der Waals surface area contributed by atoms with Crippen molar-refractivity contribution in [2.75, 3.05) is 32.7 Å². The van der Waals surface area contributed by atoms with Gasteiger partial charge in [0.2, 0.25) is 5.91 Å². The first-order valence-electron chi connectivity index (χ1n) is 7.15. The Kier molecular flexibility index (Phi) is 3.12. The monoisotopic (exact) mass is 266 g/mol. The molecule has 0 radical (unpaired) electrons. The number of carbonyl (C=O) groups excluding carboxylic acids is 1. The van der Waals surface area contributed by atoms with E-state index in [0.717, 1.165) is 32.1 Å². The first kappa shape index (κ1) is 12.7. The molecule has 106 valence electrons. The first-order chi connectivity index (χ1) is 9.15. The van der Waals surface area contributed by atoms with Crippen LogP contribution in [0.4, 0.5) is 0 Å². The molecular formula is C13H22N4O2. The second-order valence-electron chi connectivity index (χ2n) is 6.10. The molecule has 3 N–H and O–H groups in total. The molecule has 2 aliphatic carbocycles. The van der Waals surface area contributed by atoms with E-state index in [9.17, 15) is 4.79 Å². The summed E-state index contributed by atoms with van der Waals surface area (Å²) in [5.74, 6) is 1.03. The van der Waals surface area contributed by atoms with Crippen molar-refractivity contribution >= 4 is 11.7 Å². The number of nitrogens with two attached hydrogens (primary N) is 1. The highest BCUT2D eigenvalue weighted by Crippen LogP contribution is 2.47. The molecule has 1 aliphatic heterocycles. The number of rotatable bonds is 4. The standard InChI is InChI=1S/C13H22N4O2/c14-11(15-19)13(3-4-13)12(18)17-7-5-16(6-8-17)9-10-1-2-10/h10,19H,1-9H2,(H2,14,15). The van der Waals surface area contributed by atoms with Crippen molar-refractivity contribution in [3.63, 3.8) is 0 Å². The van der Waals surface area contributed by atoms with E-state index < -0.39 is 5.41 Å².